The zero-order chi connectivity index (χ0) is 19.6. The van der Waals surface area contributed by atoms with Crippen molar-refractivity contribution in [3.8, 4) is 5.75 Å². The van der Waals surface area contributed by atoms with Crippen LogP contribution < -0.4 is 15.8 Å². The van der Waals surface area contributed by atoms with Crippen molar-refractivity contribution in [2.45, 2.75) is 46.0 Å². The standard InChI is InChI=1S/C21H33N3O3/c1-16-8-9-17(2)19(14-16)27-13-4-3-7-20(25)24-12-5-6-18(15-24)21(26)23-11-10-22/h8-9,14,18H,3-7,10-13,15,22H2,1-2H3,(H,23,26). The molecule has 0 aromatic heterocycles. The van der Waals surface area contributed by atoms with Gasteiger partial charge in [0.1, 0.15) is 5.75 Å². The number of nitrogens with zero attached hydrogens (tertiary/aromatic N) is 1. The zero-order valence-electron chi connectivity index (χ0n) is 16.6. The number of piperidine rings is 1. The van der Waals surface area contributed by atoms with Gasteiger partial charge in [0.25, 0.3) is 0 Å². The van der Waals surface area contributed by atoms with E-state index in [2.05, 4.69) is 17.4 Å². The number of hydrogen-bond acceptors (Lipinski definition) is 4. The van der Waals surface area contributed by atoms with Gasteiger partial charge in [0.2, 0.25) is 11.8 Å². The Kier molecular flexibility index (Phi) is 8.58. The van der Waals surface area contributed by atoms with Crippen LogP contribution in [0.4, 0.5) is 0 Å². The summed E-state index contributed by atoms with van der Waals surface area (Å²) in [6.07, 6.45) is 3.86. The highest BCUT2D eigenvalue weighted by Gasteiger charge is 2.27. The molecule has 1 saturated heterocycles. The maximum Gasteiger partial charge on any atom is 0.224 e. The predicted octanol–water partition coefficient (Wildman–Crippen LogP) is 2.17. The monoisotopic (exact) mass is 375 g/mol. The van der Waals surface area contributed by atoms with Crippen LogP contribution in [-0.2, 0) is 9.59 Å². The minimum absolute atomic E-state index is 0.0138. The van der Waals surface area contributed by atoms with Crippen molar-refractivity contribution in [3.05, 3.63) is 29.3 Å². The van der Waals surface area contributed by atoms with E-state index in [1.807, 2.05) is 24.8 Å². The number of carbonyl (C=O) groups is 2. The second kappa shape index (κ2) is 10.9. The van der Waals surface area contributed by atoms with E-state index in [0.29, 0.717) is 32.7 Å². The molecule has 3 N–H and O–H groups in total. The maximum atomic E-state index is 12.4. The zero-order valence-corrected chi connectivity index (χ0v) is 16.6. The first-order valence-corrected chi connectivity index (χ1v) is 9.97. The topological polar surface area (TPSA) is 84.7 Å². The lowest BCUT2D eigenvalue weighted by Crippen LogP contribution is -2.46. The number of amides is 2. The first-order chi connectivity index (χ1) is 13.0. The molecule has 6 heteroatoms. The van der Waals surface area contributed by atoms with Crippen LogP contribution in [0.3, 0.4) is 0 Å². The average molecular weight is 376 g/mol. The van der Waals surface area contributed by atoms with Gasteiger partial charge in [0.15, 0.2) is 0 Å². The van der Waals surface area contributed by atoms with E-state index in [-0.39, 0.29) is 17.7 Å². The fourth-order valence-corrected chi connectivity index (χ4v) is 3.34. The average Bonchev–Trinajstić information content (AvgIpc) is 2.68. The smallest absolute Gasteiger partial charge is 0.224 e. The van der Waals surface area contributed by atoms with E-state index < -0.39 is 0 Å². The molecule has 1 aliphatic rings. The molecule has 27 heavy (non-hydrogen) atoms. The molecule has 0 radical (unpaired) electrons. The van der Waals surface area contributed by atoms with Crippen LogP contribution >= 0.6 is 0 Å². The van der Waals surface area contributed by atoms with Gasteiger partial charge in [-0.3, -0.25) is 9.59 Å². The van der Waals surface area contributed by atoms with Crippen molar-refractivity contribution < 1.29 is 14.3 Å². The Hall–Kier alpha value is -2.08. The third kappa shape index (κ3) is 6.86. The van der Waals surface area contributed by atoms with Gasteiger partial charge in [-0.25, -0.2) is 0 Å². The normalized spacial score (nSPS) is 16.9. The molecule has 1 unspecified atom stereocenters. The summed E-state index contributed by atoms with van der Waals surface area (Å²) in [5.74, 6) is 0.962. The summed E-state index contributed by atoms with van der Waals surface area (Å²) in [5, 5.41) is 2.83. The van der Waals surface area contributed by atoms with Gasteiger partial charge in [-0.1, -0.05) is 12.1 Å². The van der Waals surface area contributed by atoms with Crippen LogP contribution in [0.2, 0.25) is 0 Å². The molecule has 1 aliphatic heterocycles. The number of carbonyl (C=O) groups excluding carboxylic acids is 2. The lowest BCUT2D eigenvalue weighted by Gasteiger charge is -2.32. The first-order valence-electron chi connectivity index (χ1n) is 9.97. The predicted molar refractivity (Wildman–Crippen MR) is 107 cm³/mol. The van der Waals surface area contributed by atoms with Gasteiger partial charge in [-0.05, 0) is 56.7 Å². The molecule has 0 aliphatic carbocycles. The molecule has 2 amide bonds. The number of nitrogens with one attached hydrogen (secondary N) is 1. The second-order valence-corrected chi connectivity index (χ2v) is 7.33. The Bertz CT molecular complexity index is 633. The van der Waals surface area contributed by atoms with Gasteiger partial charge in [0.05, 0.1) is 12.5 Å². The van der Waals surface area contributed by atoms with Crippen LogP contribution in [0, 0.1) is 19.8 Å². The van der Waals surface area contributed by atoms with Gasteiger partial charge in [0, 0.05) is 32.6 Å². The van der Waals surface area contributed by atoms with Crippen molar-refractivity contribution in [1.82, 2.24) is 10.2 Å². The number of aryl methyl sites for hydroxylation is 2. The fraction of sp³-hybridized carbons (Fsp3) is 0.619. The van der Waals surface area contributed by atoms with Gasteiger partial charge in [-0.15, -0.1) is 0 Å². The number of nitrogens with two attached hydrogens (primary N) is 1. The molecule has 0 bridgehead atoms. The number of ether oxygens (including phenoxy) is 1. The lowest BCUT2D eigenvalue weighted by molar-refractivity contribution is -0.135. The van der Waals surface area contributed by atoms with Crippen LogP contribution in [0.5, 0.6) is 5.75 Å². The summed E-state index contributed by atoms with van der Waals surface area (Å²) in [5.41, 5.74) is 7.73. The summed E-state index contributed by atoms with van der Waals surface area (Å²) in [6.45, 7) is 6.89. The Morgan fingerprint density at radius 1 is 1.30 bits per heavy atom. The molecule has 1 fully saturated rings. The van der Waals surface area contributed by atoms with E-state index in [1.54, 1.807) is 0 Å². The molecular formula is C21H33N3O3. The van der Waals surface area contributed by atoms with Gasteiger partial charge >= 0.3 is 0 Å². The van der Waals surface area contributed by atoms with Gasteiger partial charge in [-0.2, -0.15) is 0 Å². The van der Waals surface area contributed by atoms with Gasteiger partial charge < -0.3 is 20.7 Å². The summed E-state index contributed by atoms with van der Waals surface area (Å²) in [7, 11) is 0. The second-order valence-electron chi connectivity index (χ2n) is 7.33. The Morgan fingerprint density at radius 2 is 2.11 bits per heavy atom. The highest BCUT2D eigenvalue weighted by atomic mass is 16.5. The Labute approximate surface area is 162 Å². The first kappa shape index (κ1) is 21.2. The SMILES string of the molecule is Cc1ccc(C)c(OCCCCC(=O)N2CCCC(C(=O)NCCN)C2)c1. The maximum absolute atomic E-state index is 12.4. The molecule has 2 rings (SSSR count). The molecule has 1 heterocycles. The van der Waals surface area contributed by atoms with Crippen molar-refractivity contribution in [3.63, 3.8) is 0 Å². The largest absolute Gasteiger partial charge is 0.493 e. The molecule has 6 nitrogen and oxygen atoms in total. The molecular weight excluding hydrogens is 342 g/mol. The highest BCUT2D eigenvalue weighted by Crippen LogP contribution is 2.20. The number of benzene rings is 1. The van der Waals surface area contributed by atoms with E-state index in [0.717, 1.165) is 43.5 Å². The number of likely N-dealkylation sites (tertiary alicyclic amines) is 1. The molecule has 1 aromatic rings. The fourth-order valence-electron chi connectivity index (χ4n) is 3.34. The number of unbranched alkanes of at least 4 members (excludes halogenated alkanes) is 1. The Morgan fingerprint density at radius 3 is 2.89 bits per heavy atom. The van der Waals surface area contributed by atoms with E-state index in [1.165, 1.54) is 5.56 Å². The summed E-state index contributed by atoms with van der Waals surface area (Å²) >= 11 is 0. The van der Waals surface area contributed by atoms with E-state index in [9.17, 15) is 9.59 Å². The lowest BCUT2D eigenvalue weighted by atomic mass is 9.96. The van der Waals surface area contributed by atoms with E-state index in [4.69, 9.17) is 10.5 Å². The number of rotatable bonds is 9. The van der Waals surface area contributed by atoms with E-state index >= 15 is 0 Å². The van der Waals surface area contributed by atoms with Crippen molar-refractivity contribution in [1.29, 1.82) is 0 Å². The third-order valence-electron chi connectivity index (χ3n) is 4.97. The number of hydrogen-bond donors (Lipinski definition) is 2. The third-order valence-corrected chi connectivity index (χ3v) is 4.97. The quantitative estimate of drug-likeness (QED) is 0.648. The minimum Gasteiger partial charge on any atom is -0.493 e. The molecule has 150 valence electrons. The van der Waals surface area contributed by atoms with Crippen LogP contribution in [0.25, 0.3) is 0 Å². The van der Waals surface area contributed by atoms with Crippen molar-refractivity contribution in [2.24, 2.45) is 11.7 Å². The van der Waals surface area contributed by atoms with Crippen LogP contribution in [-0.4, -0.2) is 49.5 Å². The van der Waals surface area contributed by atoms with Crippen molar-refractivity contribution >= 4 is 11.8 Å². The summed E-state index contributed by atoms with van der Waals surface area (Å²) < 4.78 is 5.84. The summed E-state index contributed by atoms with van der Waals surface area (Å²) in [6, 6.07) is 6.18. The van der Waals surface area contributed by atoms with Crippen molar-refractivity contribution in [2.75, 3.05) is 32.8 Å². The Balaban J connectivity index is 1.67. The minimum atomic E-state index is -0.109. The summed E-state index contributed by atoms with van der Waals surface area (Å²) in [4.78, 5) is 26.4. The molecule has 0 saturated carbocycles. The molecule has 1 atom stereocenters. The van der Waals surface area contributed by atoms with Crippen LogP contribution in [0.1, 0.15) is 43.2 Å². The van der Waals surface area contributed by atoms with Crippen LogP contribution in [0.15, 0.2) is 18.2 Å². The molecule has 1 aromatic carbocycles. The molecule has 0 spiro atoms. The highest BCUT2D eigenvalue weighted by molar-refractivity contribution is 5.81.